The van der Waals surface area contributed by atoms with Crippen LogP contribution in [0.4, 0.5) is 4.39 Å². The second-order valence-corrected chi connectivity index (χ2v) is 4.12. The number of rotatable bonds is 6. The highest BCUT2D eigenvalue weighted by atomic mass is 35.5. The van der Waals surface area contributed by atoms with E-state index in [9.17, 15) is 9.50 Å². The van der Waals surface area contributed by atoms with E-state index in [1.807, 2.05) is 6.92 Å². The summed E-state index contributed by atoms with van der Waals surface area (Å²) in [4.78, 5) is 0. The van der Waals surface area contributed by atoms with Crippen molar-refractivity contribution in [2.45, 2.75) is 32.4 Å². The molecule has 0 heterocycles. The Labute approximate surface area is 100 Å². The molecule has 0 amide bonds. The van der Waals surface area contributed by atoms with E-state index in [4.69, 9.17) is 11.6 Å². The van der Waals surface area contributed by atoms with Gasteiger partial charge in [0.15, 0.2) is 0 Å². The summed E-state index contributed by atoms with van der Waals surface area (Å²) in [6.07, 6.45) is 1.18. The fourth-order valence-electron chi connectivity index (χ4n) is 1.38. The van der Waals surface area contributed by atoms with Gasteiger partial charge < -0.3 is 10.4 Å². The normalized spacial score (nSPS) is 12.8. The quantitative estimate of drug-likeness (QED) is 0.756. The number of aliphatic hydroxyl groups is 1. The maximum absolute atomic E-state index is 13.1. The average Bonchev–Trinajstić information content (AvgIpc) is 2.29. The van der Waals surface area contributed by atoms with E-state index in [0.29, 0.717) is 19.5 Å². The molecule has 1 aromatic rings. The summed E-state index contributed by atoms with van der Waals surface area (Å²) in [7, 11) is 0. The molecule has 0 aliphatic rings. The maximum atomic E-state index is 13.1. The van der Waals surface area contributed by atoms with Gasteiger partial charge in [0, 0.05) is 6.54 Å². The lowest BCUT2D eigenvalue weighted by molar-refractivity contribution is 0.159. The summed E-state index contributed by atoms with van der Waals surface area (Å²) < 4.78 is 13.1. The molecule has 0 spiro atoms. The largest absolute Gasteiger partial charge is 0.393 e. The summed E-state index contributed by atoms with van der Waals surface area (Å²) in [5.41, 5.74) is 0.743. The third-order valence-electron chi connectivity index (χ3n) is 2.47. The fourth-order valence-corrected chi connectivity index (χ4v) is 1.57. The third kappa shape index (κ3) is 4.08. The molecule has 4 heteroatoms. The molecule has 16 heavy (non-hydrogen) atoms. The molecule has 0 saturated heterocycles. The predicted molar refractivity (Wildman–Crippen MR) is 64.0 cm³/mol. The first-order valence-electron chi connectivity index (χ1n) is 5.46. The highest BCUT2D eigenvalue weighted by Gasteiger charge is 2.05. The van der Waals surface area contributed by atoms with Crippen molar-refractivity contribution >= 4 is 11.6 Å². The average molecular weight is 246 g/mol. The Balaban J connectivity index is 2.35. The summed E-state index contributed by atoms with van der Waals surface area (Å²) in [6.45, 7) is 3.16. The fraction of sp³-hybridized carbons (Fsp3) is 0.500. The number of aliphatic hydroxyl groups excluding tert-OH is 1. The summed E-state index contributed by atoms with van der Waals surface area (Å²) in [6, 6.07) is 4.76. The van der Waals surface area contributed by atoms with Crippen molar-refractivity contribution in [3.8, 4) is 0 Å². The van der Waals surface area contributed by atoms with Gasteiger partial charge in [0.05, 0.1) is 11.1 Å². The van der Waals surface area contributed by atoms with Crippen LogP contribution in [0.5, 0.6) is 0 Å². The molecular formula is C12H17ClFNO. The van der Waals surface area contributed by atoms with Crippen molar-refractivity contribution < 1.29 is 9.50 Å². The van der Waals surface area contributed by atoms with Gasteiger partial charge in [0.2, 0.25) is 0 Å². The van der Waals surface area contributed by atoms with Crippen LogP contribution < -0.4 is 5.32 Å². The van der Waals surface area contributed by atoms with Gasteiger partial charge in [-0.3, -0.25) is 0 Å². The van der Waals surface area contributed by atoms with E-state index >= 15 is 0 Å². The second kappa shape index (κ2) is 6.84. The van der Waals surface area contributed by atoms with Crippen LogP contribution in [0, 0.1) is 5.82 Å². The van der Waals surface area contributed by atoms with Gasteiger partial charge in [-0.15, -0.1) is 0 Å². The second-order valence-electron chi connectivity index (χ2n) is 3.74. The lowest BCUT2D eigenvalue weighted by Crippen LogP contribution is -2.20. The van der Waals surface area contributed by atoms with Crippen molar-refractivity contribution in [3.63, 3.8) is 0 Å². The molecule has 0 fully saturated rings. The highest BCUT2D eigenvalue weighted by Crippen LogP contribution is 2.19. The van der Waals surface area contributed by atoms with Crippen LogP contribution >= 0.6 is 11.6 Å². The molecule has 2 N–H and O–H groups in total. The van der Waals surface area contributed by atoms with Crippen LogP contribution in [0.1, 0.15) is 25.3 Å². The van der Waals surface area contributed by atoms with Gasteiger partial charge in [-0.2, -0.15) is 0 Å². The first-order chi connectivity index (χ1) is 7.65. The van der Waals surface area contributed by atoms with Crippen molar-refractivity contribution in [1.29, 1.82) is 0 Å². The molecule has 0 saturated carbocycles. The van der Waals surface area contributed by atoms with Crippen molar-refractivity contribution in [1.82, 2.24) is 5.32 Å². The molecule has 1 atom stereocenters. The van der Waals surface area contributed by atoms with E-state index in [2.05, 4.69) is 5.32 Å². The molecule has 1 unspecified atom stereocenters. The SMILES string of the molecule is CCC(O)CCNCc1cccc(F)c1Cl. The van der Waals surface area contributed by atoms with Gasteiger partial charge >= 0.3 is 0 Å². The van der Waals surface area contributed by atoms with E-state index in [1.165, 1.54) is 6.07 Å². The lowest BCUT2D eigenvalue weighted by Gasteiger charge is -2.09. The minimum absolute atomic E-state index is 0.172. The zero-order chi connectivity index (χ0) is 12.0. The van der Waals surface area contributed by atoms with Gasteiger partial charge in [-0.05, 0) is 31.0 Å². The number of nitrogens with one attached hydrogen (secondary N) is 1. The van der Waals surface area contributed by atoms with Gasteiger partial charge in [-0.1, -0.05) is 30.7 Å². The van der Waals surface area contributed by atoms with Crippen molar-refractivity contribution in [2.24, 2.45) is 0 Å². The van der Waals surface area contributed by atoms with Crippen LogP contribution in [0.3, 0.4) is 0 Å². The van der Waals surface area contributed by atoms with Crippen molar-refractivity contribution in [3.05, 3.63) is 34.6 Å². The maximum Gasteiger partial charge on any atom is 0.142 e. The Morgan fingerprint density at radius 3 is 2.94 bits per heavy atom. The number of hydrogen-bond acceptors (Lipinski definition) is 2. The Morgan fingerprint density at radius 2 is 2.25 bits per heavy atom. The third-order valence-corrected chi connectivity index (χ3v) is 2.90. The minimum Gasteiger partial charge on any atom is -0.393 e. The smallest absolute Gasteiger partial charge is 0.142 e. The van der Waals surface area contributed by atoms with Gasteiger partial charge in [0.25, 0.3) is 0 Å². The number of halogens is 2. The Morgan fingerprint density at radius 1 is 1.50 bits per heavy atom. The number of benzene rings is 1. The molecule has 0 aromatic heterocycles. The Kier molecular flexibility index (Phi) is 5.74. The molecule has 1 rings (SSSR count). The molecule has 1 aromatic carbocycles. The standard InChI is InChI=1S/C12H17ClFNO/c1-2-10(16)6-7-15-8-9-4-3-5-11(14)12(9)13/h3-5,10,15-16H,2,6-8H2,1H3. The molecular weight excluding hydrogens is 229 g/mol. The van der Waals surface area contributed by atoms with E-state index in [-0.39, 0.29) is 11.1 Å². The van der Waals surface area contributed by atoms with Crippen LogP contribution in [0.2, 0.25) is 5.02 Å². The van der Waals surface area contributed by atoms with E-state index < -0.39 is 5.82 Å². The molecule has 0 radical (unpaired) electrons. The summed E-state index contributed by atoms with van der Waals surface area (Å²) in [5, 5.41) is 12.6. The predicted octanol–water partition coefficient (Wildman–Crippen LogP) is 2.73. The van der Waals surface area contributed by atoms with Crippen LogP contribution in [-0.2, 0) is 6.54 Å². The zero-order valence-electron chi connectivity index (χ0n) is 9.34. The molecule has 0 aliphatic carbocycles. The minimum atomic E-state index is -0.394. The van der Waals surface area contributed by atoms with E-state index in [0.717, 1.165) is 12.0 Å². The molecule has 0 bridgehead atoms. The summed E-state index contributed by atoms with van der Waals surface area (Å²) in [5.74, 6) is -0.394. The molecule has 2 nitrogen and oxygen atoms in total. The Hall–Kier alpha value is -0.640. The summed E-state index contributed by atoms with van der Waals surface area (Å²) >= 11 is 5.80. The van der Waals surface area contributed by atoms with Gasteiger partial charge in [-0.25, -0.2) is 4.39 Å². The van der Waals surface area contributed by atoms with Crippen LogP contribution in [0.25, 0.3) is 0 Å². The Bertz CT molecular complexity index is 333. The van der Waals surface area contributed by atoms with Crippen LogP contribution in [0.15, 0.2) is 18.2 Å². The zero-order valence-corrected chi connectivity index (χ0v) is 10.1. The van der Waals surface area contributed by atoms with Gasteiger partial charge in [0.1, 0.15) is 5.82 Å². The van der Waals surface area contributed by atoms with E-state index in [1.54, 1.807) is 12.1 Å². The van der Waals surface area contributed by atoms with Crippen LogP contribution in [-0.4, -0.2) is 17.8 Å². The first-order valence-corrected chi connectivity index (χ1v) is 5.84. The highest BCUT2D eigenvalue weighted by molar-refractivity contribution is 6.31. The topological polar surface area (TPSA) is 32.3 Å². The monoisotopic (exact) mass is 245 g/mol. The lowest BCUT2D eigenvalue weighted by atomic mass is 10.2. The van der Waals surface area contributed by atoms with Crippen molar-refractivity contribution in [2.75, 3.05) is 6.54 Å². The molecule has 0 aliphatic heterocycles. The first kappa shape index (κ1) is 13.4. The molecule has 90 valence electrons. The number of hydrogen-bond donors (Lipinski definition) is 2.